The first-order valence-electron chi connectivity index (χ1n) is 6.84. The van der Waals surface area contributed by atoms with Gasteiger partial charge in [-0.2, -0.15) is 0 Å². The van der Waals surface area contributed by atoms with Crippen molar-refractivity contribution in [3.8, 4) is 0 Å². The predicted molar refractivity (Wildman–Crippen MR) is 84.4 cm³/mol. The highest BCUT2D eigenvalue weighted by atomic mass is 32.2. The van der Waals surface area contributed by atoms with Crippen molar-refractivity contribution < 1.29 is 8.42 Å². The lowest BCUT2D eigenvalue weighted by atomic mass is 10.1. The van der Waals surface area contributed by atoms with Gasteiger partial charge in [0, 0.05) is 12.6 Å². The lowest BCUT2D eigenvalue weighted by molar-refractivity contribution is 0.581. The molecule has 0 fully saturated rings. The summed E-state index contributed by atoms with van der Waals surface area (Å²) >= 11 is 0. The average molecular weight is 304 g/mol. The minimum Gasteiger partial charge on any atom is -0.313 e. The maximum atomic E-state index is 12.2. The fourth-order valence-electron chi connectivity index (χ4n) is 1.96. The molecule has 1 atom stereocenters. The zero-order chi connectivity index (χ0) is 15.3. The summed E-state index contributed by atoms with van der Waals surface area (Å²) in [5.74, 6) is 0. The second-order valence-electron chi connectivity index (χ2n) is 4.89. The van der Waals surface area contributed by atoms with E-state index in [0.717, 1.165) is 11.1 Å². The van der Waals surface area contributed by atoms with E-state index in [9.17, 15) is 8.42 Å². The average Bonchev–Trinajstić information content (AvgIpc) is 2.53. The third-order valence-corrected chi connectivity index (χ3v) is 4.85. The number of rotatable bonds is 6. The predicted octanol–water partition coefficient (Wildman–Crippen LogP) is 2.45. The molecule has 0 spiro atoms. The Morgan fingerprint density at radius 1 is 1.00 bits per heavy atom. The van der Waals surface area contributed by atoms with E-state index in [2.05, 4.69) is 10.0 Å². The van der Waals surface area contributed by atoms with Gasteiger partial charge in [0.15, 0.2) is 0 Å². The van der Waals surface area contributed by atoms with E-state index in [0.29, 0.717) is 0 Å². The van der Waals surface area contributed by atoms with Crippen LogP contribution >= 0.6 is 0 Å². The molecule has 5 heteroatoms. The monoisotopic (exact) mass is 304 g/mol. The molecule has 21 heavy (non-hydrogen) atoms. The lowest BCUT2D eigenvalue weighted by Crippen LogP contribution is -2.23. The van der Waals surface area contributed by atoms with Crippen LogP contribution < -0.4 is 10.0 Å². The molecule has 0 aliphatic carbocycles. The molecule has 0 bridgehead atoms. The molecule has 4 nitrogen and oxygen atoms in total. The summed E-state index contributed by atoms with van der Waals surface area (Å²) in [6, 6.07) is 16.6. The number of benzene rings is 2. The third kappa shape index (κ3) is 4.14. The van der Waals surface area contributed by atoms with Gasteiger partial charge >= 0.3 is 0 Å². The Bertz CT molecular complexity index is 667. The molecule has 2 aromatic rings. The first kappa shape index (κ1) is 15.7. The van der Waals surface area contributed by atoms with Gasteiger partial charge in [-0.1, -0.05) is 42.5 Å². The van der Waals surface area contributed by atoms with Crippen molar-refractivity contribution in [1.29, 1.82) is 0 Å². The van der Waals surface area contributed by atoms with Gasteiger partial charge in [-0.15, -0.1) is 0 Å². The Kier molecular flexibility index (Phi) is 5.12. The molecule has 0 radical (unpaired) electrons. The van der Waals surface area contributed by atoms with Crippen LogP contribution in [0.2, 0.25) is 0 Å². The molecule has 0 aromatic heterocycles. The molecular weight excluding hydrogens is 284 g/mol. The van der Waals surface area contributed by atoms with Gasteiger partial charge in [-0.05, 0) is 37.2 Å². The summed E-state index contributed by atoms with van der Waals surface area (Å²) in [6.45, 7) is 2.31. The topological polar surface area (TPSA) is 58.2 Å². The van der Waals surface area contributed by atoms with Crippen molar-refractivity contribution in [1.82, 2.24) is 10.0 Å². The first-order chi connectivity index (χ1) is 10.0. The maximum Gasteiger partial charge on any atom is 0.240 e. The maximum absolute atomic E-state index is 12.2. The van der Waals surface area contributed by atoms with Crippen LogP contribution in [0.4, 0.5) is 0 Å². The Balaban J connectivity index is 2.09. The van der Waals surface area contributed by atoms with Crippen LogP contribution in [-0.2, 0) is 16.6 Å². The van der Waals surface area contributed by atoms with Crippen molar-refractivity contribution in [2.24, 2.45) is 0 Å². The van der Waals surface area contributed by atoms with Gasteiger partial charge in [0.2, 0.25) is 10.0 Å². The van der Waals surface area contributed by atoms with Crippen LogP contribution in [-0.4, -0.2) is 15.5 Å². The second-order valence-corrected chi connectivity index (χ2v) is 6.66. The van der Waals surface area contributed by atoms with Crippen LogP contribution in [0.3, 0.4) is 0 Å². The minimum atomic E-state index is -3.48. The fraction of sp³-hybridized carbons (Fsp3) is 0.250. The summed E-state index contributed by atoms with van der Waals surface area (Å²) < 4.78 is 27.1. The summed E-state index contributed by atoms with van der Waals surface area (Å²) in [7, 11) is -1.61. The standard InChI is InChI=1S/C16H20N2O2S/c1-13(17-2)15-8-10-16(11-9-15)21(19,20)18-12-14-6-4-3-5-7-14/h3-11,13,17-18H,12H2,1-2H3. The Morgan fingerprint density at radius 2 is 1.62 bits per heavy atom. The van der Waals surface area contributed by atoms with Gasteiger partial charge in [-0.3, -0.25) is 0 Å². The number of sulfonamides is 1. The molecule has 0 saturated carbocycles. The number of hydrogen-bond donors (Lipinski definition) is 2. The van der Waals surface area contributed by atoms with E-state index < -0.39 is 10.0 Å². The molecule has 0 heterocycles. The van der Waals surface area contributed by atoms with E-state index in [-0.39, 0.29) is 17.5 Å². The number of hydrogen-bond acceptors (Lipinski definition) is 3. The van der Waals surface area contributed by atoms with E-state index in [1.807, 2.05) is 56.4 Å². The van der Waals surface area contributed by atoms with E-state index in [1.165, 1.54) is 0 Å². The molecule has 0 aliphatic heterocycles. The van der Waals surface area contributed by atoms with Crippen molar-refractivity contribution >= 4 is 10.0 Å². The van der Waals surface area contributed by atoms with Crippen LogP contribution in [0.1, 0.15) is 24.1 Å². The molecule has 112 valence electrons. The van der Waals surface area contributed by atoms with Crippen molar-refractivity contribution in [3.63, 3.8) is 0 Å². The van der Waals surface area contributed by atoms with Gasteiger partial charge in [-0.25, -0.2) is 13.1 Å². The number of nitrogens with one attached hydrogen (secondary N) is 2. The first-order valence-corrected chi connectivity index (χ1v) is 8.32. The van der Waals surface area contributed by atoms with Gasteiger partial charge in [0.05, 0.1) is 4.90 Å². The summed E-state index contributed by atoms with van der Waals surface area (Å²) in [6.07, 6.45) is 0. The molecule has 2 aromatic carbocycles. The smallest absolute Gasteiger partial charge is 0.240 e. The Hall–Kier alpha value is -1.69. The molecule has 0 amide bonds. The molecule has 2 N–H and O–H groups in total. The Labute approximate surface area is 126 Å². The van der Waals surface area contributed by atoms with E-state index >= 15 is 0 Å². The van der Waals surface area contributed by atoms with Crippen LogP contribution in [0.15, 0.2) is 59.5 Å². The Morgan fingerprint density at radius 3 is 2.19 bits per heavy atom. The lowest BCUT2D eigenvalue weighted by Gasteiger charge is -2.12. The highest BCUT2D eigenvalue weighted by molar-refractivity contribution is 7.89. The summed E-state index contributed by atoms with van der Waals surface area (Å²) in [5, 5.41) is 3.12. The van der Waals surface area contributed by atoms with Crippen LogP contribution in [0.25, 0.3) is 0 Å². The van der Waals surface area contributed by atoms with Crippen molar-refractivity contribution in [2.45, 2.75) is 24.4 Å². The summed E-state index contributed by atoms with van der Waals surface area (Å²) in [5.41, 5.74) is 1.99. The van der Waals surface area contributed by atoms with Gasteiger partial charge in [0.25, 0.3) is 0 Å². The van der Waals surface area contributed by atoms with E-state index in [4.69, 9.17) is 0 Å². The quantitative estimate of drug-likeness (QED) is 0.862. The van der Waals surface area contributed by atoms with Crippen molar-refractivity contribution in [2.75, 3.05) is 7.05 Å². The molecular formula is C16H20N2O2S. The van der Waals surface area contributed by atoms with Gasteiger partial charge < -0.3 is 5.32 Å². The molecule has 1 unspecified atom stereocenters. The van der Waals surface area contributed by atoms with E-state index in [1.54, 1.807) is 12.1 Å². The second kappa shape index (κ2) is 6.85. The summed E-state index contributed by atoms with van der Waals surface area (Å²) in [4.78, 5) is 0.283. The largest absolute Gasteiger partial charge is 0.313 e. The highest BCUT2D eigenvalue weighted by Crippen LogP contribution is 2.16. The molecule has 2 rings (SSSR count). The van der Waals surface area contributed by atoms with Crippen LogP contribution in [0, 0.1) is 0 Å². The normalized spacial score (nSPS) is 13.0. The fourth-order valence-corrected chi connectivity index (χ4v) is 2.98. The van der Waals surface area contributed by atoms with Gasteiger partial charge in [0.1, 0.15) is 0 Å². The zero-order valence-corrected chi connectivity index (χ0v) is 13.0. The SMILES string of the molecule is CNC(C)c1ccc(S(=O)(=O)NCc2ccccc2)cc1. The zero-order valence-electron chi connectivity index (χ0n) is 12.2. The third-order valence-electron chi connectivity index (χ3n) is 3.43. The minimum absolute atomic E-state index is 0.194. The van der Waals surface area contributed by atoms with Crippen molar-refractivity contribution in [3.05, 3.63) is 65.7 Å². The molecule has 0 saturated heterocycles. The van der Waals surface area contributed by atoms with Crippen LogP contribution in [0.5, 0.6) is 0 Å². The molecule has 0 aliphatic rings. The highest BCUT2D eigenvalue weighted by Gasteiger charge is 2.14.